The van der Waals surface area contributed by atoms with Crippen LogP contribution in [0.2, 0.25) is 0 Å². The molecule has 0 aliphatic rings. The molecule has 0 unspecified atom stereocenters. The normalized spacial score (nSPS) is 9.83. The Labute approximate surface area is 82.9 Å². The maximum absolute atomic E-state index is 4.69. The van der Waals surface area contributed by atoms with Crippen LogP contribution >= 0.6 is 25.1 Å². The molecule has 12 heavy (non-hydrogen) atoms. The number of rotatable bonds is 4. The van der Waals surface area contributed by atoms with Gasteiger partial charge in [0.25, 0.3) is 0 Å². The largest absolute Gasteiger partial charge is 0.293 e. The van der Waals surface area contributed by atoms with Gasteiger partial charge in [-0.2, -0.15) is 0 Å². The molecule has 0 radical (unpaired) electrons. The predicted molar refractivity (Wildman–Crippen MR) is 57.1 cm³/mol. The Morgan fingerprint density at radius 3 is 2.58 bits per heavy atom. The molecule has 0 saturated carbocycles. The van der Waals surface area contributed by atoms with Crippen LogP contribution in [0.4, 0.5) is 5.69 Å². The summed E-state index contributed by atoms with van der Waals surface area (Å²) in [7, 11) is 0. The highest BCUT2D eigenvalue weighted by atomic mass is 32.2. The molecule has 1 rings (SSSR count). The Kier molecular flexibility index (Phi) is 4.35. The second kappa shape index (κ2) is 5.35. The number of hydrogen-bond donors (Lipinski definition) is 1. The SMILES string of the molecule is CCN(SOS)c1ccccc1. The zero-order valence-electron chi connectivity index (χ0n) is 6.80. The molecule has 0 aromatic heterocycles. The molecular weight excluding hydrogens is 190 g/mol. The Morgan fingerprint density at radius 2 is 2.08 bits per heavy atom. The third-order valence-electron chi connectivity index (χ3n) is 1.45. The van der Waals surface area contributed by atoms with Crippen LogP contribution in [0.3, 0.4) is 0 Å². The Bertz CT molecular complexity index is 218. The van der Waals surface area contributed by atoms with E-state index < -0.39 is 0 Å². The van der Waals surface area contributed by atoms with E-state index in [9.17, 15) is 0 Å². The van der Waals surface area contributed by atoms with Crippen molar-refractivity contribution in [2.75, 3.05) is 10.8 Å². The van der Waals surface area contributed by atoms with Crippen LogP contribution in [-0.4, -0.2) is 6.54 Å². The standard InChI is InChI=1S/C8H11NOS2/c1-2-9(12-10-11)8-6-4-3-5-7-8/h3-7,11H,2H2,1H3. The highest BCUT2D eigenvalue weighted by Gasteiger charge is 2.02. The van der Waals surface area contributed by atoms with Gasteiger partial charge in [-0.25, -0.2) is 3.63 Å². The maximum atomic E-state index is 4.69. The minimum absolute atomic E-state index is 0.884. The van der Waals surface area contributed by atoms with Crippen molar-refractivity contribution in [3.05, 3.63) is 30.3 Å². The smallest absolute Gasteiger partial charge is 0.127 e. The lowest BCUT2D eigenvalue weighted by atomic mass is 10.3. The highest BCUT2D eigenvalue weighted by Crippen LogP contribution is 2.22. The van der Waals surface area contributed by atoms with Gasteiger partial charge in [0.1, 0.15) is 12.2 Å². The van der Waals surface area contributed by atoms with Crippen molar-refractivity contribution in [1.82, 2.24) is 0 Å². The molecule has 0 fully saturated rings. The summed E-state index contributed by atoms with van der Waals surface area (Å²) in [6.45, 7) is 2.95. The summed E-state index contributed by atoms with van der Waals surface area (Å²) >= 11 is 4.91. The molecule has 0 aliphatic carbocycles. The molecule has 0 saturated heterocycles. The molecule has 0 N–H and O–H groups in total. The summed E-state index contributed by atoms with van der Waals surface area (Å²) in [5.41, 5.74) is 1.12. The van der Waals surface area contributed by atoms with Crippen molar-refractivity contribution in [2.45, 2.75) is 6.92 Å². The number of para-hydroxylation sites is 1. The van der Waals surface area contributed by atoms with Gasteiger partial charge < -0.3 is 0 Å². The summed E-state index contributed by atoms with van der Waals surface area (Å²) in [6, 6.07) is 10.0. The van der Waals surface area contributed by atoms with E-state index in [1.807, 2.05) is 34.6 Å². The van der Waals surface area contributed by atoms with Gasteiger partial charge >= 0.3 is 0 Å². The lowest BCUT2D eigenvalue weighted by Gasteiger charge is -2.18. The molecule has 0 amide bonds. The quantitative estimate of drug-likeness (QED) is 0.457. The molecule has 1 aromatic rings. The molecule has 0 spiro atoms. The Balaban J connectivity index is 2.66. The van der Waals surface area contributed by atoms with E-state index in [0.29, 0.717) is 0 Å². The molecule has 0 heterocycles. The van der Waals surface area contributed by atoms with Crippen molar-refractivity contribution >= 4 is 30.8 Å². The van der Waals surface area contributed by atoms with Gasteiger partial charge in [0.15, 0.2) is 0 Å². The van der Waals surface area contributed by atoms with E-state index in [1.54, 1.807) is 0 Å². The van der Waals surface area contributed by atoms with Crippen LogP contribution in [0.5, 0.6) is 0 Å². The zero-order valence-corrected chi connectivity index (χ0v) is 8.52. The molecule has 2 nitrogen and oxygen atoms in total. The van der Waals surface area contributed by atoms with Crippen LogP contribution in [0.15, 0.2) is 30.3 Å². The number of anilines is 1. The van der Waals surface area contributed by atoms with Crippen LogP contribution < -0.4 is 4.31 Å². The van der Waals surface area contributed by atoms with Gasteiger partial charge in [0.05, 0.1) is 0 Å². The Hall–Kier alpha value is -0.320. The van der Waals surface area contributed by atoms with Crippen LogP contribution in [0.1, 0.15) is 6.92 Å². The van der Waals surface area contributed by atoms with E-state index in [0.717, 1.165) is 12.2 Å². The molecular formula is C8H11NOS2. The average Bonchev–Trinajstić information content (AvgIpc) is 2.15. The van der Waals surface area contributed by atoms with Crippen LogP contribution in [-0.2, 0) is 3.63 Å². The summed E-state index contributed by atoms with van der Waals surface area (Å²) in [5, 5.41) is 0. The van der Waals surface area contributed by atoms with Crippen molar-refractivity contribution in [3.63, 3.8) is 0 Å². The van der Waals surface area contributed by atoms with Gasteiger partial charge in [0, 0.05) is 12.2 Å². The van der Waals surface area contributed by atoms with Crippen LogP contribution in [0.25, 0.3) is 0 Å². The van der Waals surface area contributed by atoms with Gasteiger partial charge in [-0.05, 0) is 32.0 Å². The van der Waals surface area contributed by atoms with Crippen molar-refractivity contribution in [3.8, 4) is 0 Å². The van der Waals surface area contributed by atoms with Gasteiger partial charge in [-0.3, -0.25) is 4.31 Å². The number of benzene rings is 1. The van der Waals surface area contributed by atoms with Crippen molar-refractivity contribution in [2.24, 2.45) is 0 Å². The second-order valence-corrected chi connectivity index (χ2v) is 3.37. The number of hydrogen-bond acceptors (Lipinski definition) is 4. The summed E-state index contributed by atoms with van der Waals surface area (Å²) in [5.74, 6) is 0. The Morgan fingerprint density at radius 1 is 1.42 bits per heavy atom. The minimum Gasteiger partial charge on any atom is -0.293 e. The first kappa shape index (κ1) is 9.77. The fourth-order valence-corrected chi connectivity index (χ4v) is 1.55. The minimum atomic E-state index is 0.884. The van der Waals surface area contributed by atoms with E-state index in [4.69, 9.17) is 0 Å². The van der Waals surface area contributed by atoms with Gasteiger partial charge in [0.2, 0.25) is 0 Å². The molecule has 4 heteroatoms. The fraction of sp³-hybridized carbons (Fsp3) is 0.250. The first-order valence-corrected chi connectivity index (χ1v) is 4.75. The lowest BCUT2D eigenvalue weighted by Crippen LogP contribution is -2.12. The van der Waals surface area contributed by atoms with Gasteiger partial charge in [-0.15, -0.1) is 0 Å². The first-order chi connectivity index (χ1) is 5.88. The van der Waals surface area contributed by atoms with E-state index >= 15 is 0 Å². The van der Waals surface area contributed by atoms with Crippen LogP contribution in [0, 0.1) is 0 Å². The number of thiol groups is 1. The molecule has 0 bridgehead atoms. The number of nitrogens with zero attached hydrogens (tertiary/aromatic N) is 1. The lowest BCUT2D eigenvalue weighted by molar-refractivity contribution is 0.766. The molecule has 1 aromatic carbocycles. The van der Waals surface area contributed by atoms with E-state index in [1.165, 1.54) is 12.2 Å². The second-order valence-electron chi connectivity index (χ2n) is 2.18. The molecule has 0 atom stereocenters. The summed E-state index contributed by atoms with van der Waals surface area (Å²) in [6.07, 6.45) is 0. The third-order valence-corrected chi connectivity index (χ3v) is 2.37. The molecule has 66 valence electrons. The van der Waals surface area contributed by atoms with Crippen molar-refractivity contribution < 1.29 is 3.63 Å². The molecule has 0 aliphatic heterocycles. The third kappa shape index (κ3) is 2.62. The topological polar surface area (TPSA) is 12.5 Å². The average molecular weight is 201 g/mol. The van der Waals surface area contributed by atoms with E-state index in [2.05, 4.69) is 23.5 Å². The summed E-state index contributed by atoms with van der Waals surface area (Å²) < 4.78 is 6.69. The fourth-order valence-electron chi connectivity index (χ4n) is 0.913. The predicted octanol–water partition coefficient (Wildman–Crippen LogP) is 2.94. The van der Waals surface area contributed by atoms with Crippen molar-refractivity contribution in [1.29, 1.82) is 0 Å². The van der Waals surface area contributed by atoms with E-state index in [-0.39, 0.29) is 0 Å². The maximum Gasteiger partial charge on any atom is 0.127 e. The monoisotopic (exact) mass is 201 g/mol. The first-order valence-electron chi connectivity index (χ1n) is 3.69. The highest BCUT2D eigenvalue weighted by molar-refractivity contribution is 8.02. The summed E-state index contributed by atoms with van der Waals surface area (Å²) in [4.78, 5) is 0. The van der Waals surface area contributed by atoms with Gasteiger partial charge in [-0.1, -0.05) is 18.2 Å². The zero-order chi connectivity index (χ0) is 8.81.